The minimum absolute atomic E-state index is 0.668. The molecule has 0 aromatic heterocycles. The number of hydrogen-bond acceptors (Lipinski definition) is 2. The number of hydrogen-bond donors (Lipinski definition) is 1. The van der Waals surface area contributed by atoms with Gasteiger partial charge in [0.05, 0.1) is 0 Å². The van der Waals surface area contributed by atoms with Crippen molar-refractivity contribution in [1.29, 1.82) is 0 Å². The lowest BCUT2D eigenvalue weighted by Crippen LogP contribution is -2.42. The van der Waals surface area contributed by atoms with Crippen LogP contribution in [0.4, 0.5) is 0 Å². The van der Waals surface area contributed by atoms with E-state index in [0.717, 1.165) is 18.3 Å². The molecule has 0 amide bonds. The molecular formula is C18H28N2. The highest BCUT2D eigenvalue weighted by Gasteiger charge is 2.30. The van der Waals surface area contributed by atoms with Gasteiger partial charge in [-0.25, -0.2) is 0 Å². The van der Waals surface area contributed by atoms with Gasteiger partial charge in [0.15, 0.2) is 0 Å². The van der Waals surface area contributed by atoms with E-state index in [2.05, 4.69) is 29.2 Å². The molecule has 2 atom stereocenters. The Bertz CT molecular complexity index is 429. The standard InChI is InChI=1S/C18H28N2/c19-13-17-7-3-1-5-15(17)9-11-20-12-10-16-6-2-4-8-18(16)14-20/h1,3,5,7,16,18H,2,4,6,8-14,19H2. The molecule has 1 aliphatic heterocycles. The van der Waals surface area contributed by atoms with Gasteiger partial charge in [0, 0.05) is 19.6 Å². The van der Waals surface area contributed by atoms with Gasteiger partial charge in [-0.05, 0) is 48.8 Å². The van der Waals surface area contributed by atoms with Gasteiger partial charge >= 0.3 is 0 Å². The third-order valence-electron chi connectivity index (χ3n) is 5.41. The van der Waals surface area contributed by atoms with E-state index in [1.165, 1.54) is 62.9 Å². The van der Waals surface area contributed by atoms with Gasteiger partial charge in [0.25, 0.3) is 0 Å². The van der Waals surface area contributed by atoms with Crippen LogP contribution in [0.3, 0.4) is 0 Å². The highest BCUT2D eigenvalue weighted by Crippen LogP contribution is 2.35. The van der Waals surface area contributed by atoms with Crippen LogP contribution in [0.15, 0.2) is 24.3 Å². The SMILES string of the molecule is NCc1ccccc1CCN1CCC2CCCCC2C1. The second-order valence-corrected chi connectivity index (χ2v) is 6.62. The molecule has 3 rings (SSSR count). The van der Waals surface area contributed by atoms with Gasteiger partial charge in [-0.3, -0.25) is 0 Å². The van der Waals surface area contributed by atoms with E-state index in [9.17, 15) is 0 Å². The molecule has 1 saturated carbocycles. The van der Waals surface area contributed by atoms with E-state index in [1.807, 2.05) is 0 Å². The smallest absolute Gasteiger partial charge is 0.0180 e. The maximum Gasteiger partial charge on any atom is 0.0180 e. The van der Waals surface area contributed by atoms with Crippen molar-refractivity contribution in [2.24, 2.45) is 17.6 Å². The fraction of sp³-hybridized carbons (Fsp3) is 0.667. The predicted molar refractivity (Wildman–Crippen MR) is 84.5 cm³/mol. The first-order chi connectivity index (χ1) is 9.86. The van der Waals surface area contributed by atoms with Crippen LogP contribution in [0, 0.1) is 11.8 Å². The van der Waals surface area contributed by atoms with Gasteiger partial charge in [-0.2, -0.15) is 0 Å². The first kappa shape index (κ1) is 14.1. The molecule has 0 radical (unpaired) electrons. The van der Waals surface area contributed by atoms with Crippen LogP contribution in [0.25, 0.3) is 0 Å². The van der Waals surface area contributed by atoms with Gasteiger partial charge in [-0.1, -0.05) is 43.5 Å². The second kappa shape index (κ2) is 6.73. The van der Waals surface area contributed by atoms with Crippen LogP contribution in [-0.4, -0.2) is 24.5 Å². The molecule has 2 heteroatoms. The molecule has 1 aromatic rings. The van der Waals surface area contributed by atoms with Gasteiger partial charge in [0.1, 0.15) is 0 Å². The Morgan fingerprint density at radius 2 is 1.75 bits per heavy atom. The van der Waals surface area contributed by atoms with E-state index in [1.54, 1.807) is 0 Å². The Balaban J connectivity index is 1.53. The molecule has 0 bridgehead atoms. The Kier molecular flexibility index (Phi) is 4.74. The van der Waals surface area contributed by atoms with Crippen LogP contribution in [-0.2, 0) is 13.0 Å². The third kappa shape index (κ3) is 3.24. The summed E-state index contributed by atoms with van der Waals surface area (Å²) >= 11 is 0. The van der Waals surface area contributed by atoms with Crippen molar-refractivity contribution in [2.45, 2.75) is 45.1 Å². The van der Waals surface area contributed by atoms with Gasteiger partial charge in [0.2, 0.25) is 0 Å². The first-order valence-electron chi connectivity index (χ1n) is 8.36. The molecule has 2 nitrogen and oxygen atoms in total. The molecule has 2 unspecified atom stereocenters. The molecule has 2 N–H and O–H groups in total. The Labute approximate surface area is 123 Å². The number of fused-ring (bicyclic) bond motifs is 1. The van der Waals surface area contributed by atoms with Gasteiger partial charge < -0.3 is 10.6 Å². The van der Waals surface area contributed by atoms with Crippen molar-refractivity contribution in [2.75, 3.05) is 19.6 Å². The molecule has 1 aliphatic carbocycles. The number of piperidine rings is 1. The zero-order chi connectivity index (χ0) is 13.8. The molecule has 1 heterocycles. The topological polar surface area (TPSA) is 29.3 Å². The van der Waals surface area contributed by atoms with Crippen LogP contribution in [0.2, 0.25) is 0 Å². The lowest BCUT2D eigenvalue weighted by molar-refractivity contribution is 0.0877. The normalized spacial score (nSPS) is 27.2. The second-order valence-electron chi connectivity index (χ2n) is 6.62. The summed E-state index contributed by atoms with van der Waals surface area (Å²) in [5, 5.41) is 0. The molecule has 2 fully saturated rings. The molecule has 2 aliphatic rings. The monoisotopic (exact) mass is 272 g/mol. The summed E-state index contributed by atoms with van der Waals surface area (Å²) in [7, 11) is 0. The fourth-order valence-corrected chi connectivity index (χ4v) is 4.16. The summed E-state index contributed by atoms with van der Waals surface area (Å²) in [5.41, 5.74) is 8.60. The zero-order valence-corrected chi connectivity index (χ0v) is 12.6. The molecule has 1 saturated heterocycles. The summed E-state index contributed by atoms with van der Waals surface area (Å²) < 4.78 is 0. The largest absolute Gasteiger partial charge is 0.326 e. The third-order valence-corrected chi connectivity index (χ3v) is 5.41. The average molecular weight is 272 g/mol. The summed E-state index contributed by atoms with van der Waals surface area (Å²) in [6, 6.07) is 8.65. The summed E-state index contributed by atoms with van der Waals surface area (Å²) in [4.78, 5) is 2.69. The van der Waals surface area contributed by atoms with Crippen molar-refractivity contribution >= 4 is 0 Å². The Morgan fingerprint density at radius 3 is 2.55 bits per heavy atom. The summed E-state index contributed by atoms with van der Waals surface area (Å²) in [5.74, 6) is 2.03. The molecule has 110 valence electrons. The summed E-state index contributed by atoms with van der Waals surface area (Å²) in [6.07, 6.45) is 8.50. The van der Waals surface area contributed by atoms with E-state index in [0.29, 0.717) is 6.54 Å². The number of benzene rings is 1. The quantitative estimate of drug-likeness (QED) is 0.912. The highest BCUT2D eigenvalue weighted by atomic mass is 15.1. The van der Waals surface area contributed by atoms with E-state index < -0.39 is 0 Å². The average Bonchev–Trinajstić information content (AvgIpc) is 2.53. The maximum absolute atomic E-state index is 5.83. The van der Waals surface area contributed by atoms with E-state index in [4.69, 9.17) is 5.73 Å². The van der Waals surface area contributed by atoms with Crippen LogP contribution in [0.1, 0.15) is 43.2 Å². The number of nitrogens with two attached hydrogens (primary N) is 1. The maximum atomic E-state index is 5.83. The molecular weight excluding hydrogens is 244 g/mol. The lowest BCUT2D eigenvalue weighted by Gasteiger charge is -2.41. The number of rotatable bonds is 4. The fourth-order valence-electron chi connectivity index (χ4n) is 4.16. The van der Waals surface area contributed by atoms with E-state index in [-0.39, 0.29) is 0 Å². The predicted octanol–water partition coefficient (Wildman–Crippen LogP) is 3.20. The number of nitrogens with zero attached hydrogens (tertiary/aromatic N) is 1. The first-order valence-corrected chi connectivity index (χ1v) is 8.36. The minimum Gasteiger partial charge on any atom is -0.326 e. The van der Waals surface area contributed by atoms with Crippen molar-refractivity contribution in [1.82, 2.24) is 4.90 Å². The molecule has 20 heavy (non-hydrogen) atoms. The van der Waals surface area contributed by atoms with Gasteiger partial charge in [-0.15, -0.1) is 0 Å². The lowest BCUT2D eigenvalue weighted by atomic mass is 9.75. The van der Waals surface area contributed by atoms with Crippen molar-refractivity contribution in [3.63, 3.8) is 0 Å². The van der Waals surface area contributed by atoms with E-state index >= 15 is 0 Å². The zero-order valence-electron chi connectivity index (χ0n) is 12.6. The highest BCUT2D eigenvalue weighted by molar-refractivity contribution is 5.27. The van der Waals surface area contributed by atoms with Crippen molar-refractivity contribution in [3.8, 4) is 0 Å². The number of likely N-dealkylation sites (tertiary alicyclic amines) is 1. The van der Waals surface area contributed by atoms with Crippen molar-refractivity contribution < 1.29 is 0 Å². The Morgan fingerprint density at radius 1 is 1.00 bits per heavy atom. The summed E-state index contributed by atoms with van der Waals surface area (Å²) in [6.45, 7) is 4.53. The Hall–Kier alpha value is -0.860. The minimum atomic E-state index is 0.668. The molecule has 0 spiro atoms. The van der Waals surface area contributed by atoms with Crippen LogP contribution in [0.5, 0.6) is 0 Å². The van der Waals surface area contributed by atoms with Crippen LogP contribution < -0.4 is 5.73 Å². The molecule has 1 aromatic carbocycles. The van der Waals surface area contributed by atoms with Crippen LogP contribution >= 0.6 is 0 Å². The van der Waals surface area contributed by atoms with Crippen molar-refractivity contribution in [3.05, 3.63) is 35.4 Å².